The van der Waals surface area contributed by atoms with Crippen LogP contribution in [-0.2, 0) is 4.79 Å². The Morgan fingerprint density at radius 2 is 1.43 bits per heavy atom. The van der Waals surface area contributed by atoms with E-state index in [1.165, 1.54) is 12.1 Å². The number of benzene rings is 4. The molecular formula is C30H22ClFN2O3. The molecule has 2 N–H and O–H groups in total. The van der Waals surface area contributed by atoms with Gasteiger partial charge in [0.15, 0.2) is 0 Å². The number of fused-ring (bicyclic) bond motifs is 1. The van der Waals surface area contributed by atoms with E-state index >= 15 is 0 Å². The molecule has 0 aliphatic heterocycles. The Labute approximate surface area is 217 Å². The van der Waals surface area contributed by atoms with Crippen molar-refractivity contribution in [2.45, 2.75) is 12.3 Å². The van der Waals surface area contributed by atoms with Crippen molar-refractivity contribution in [3.05, 3.63) is 131 Å². The molecule has 1 heterocycles. The van der Waals surface area contributed by atoms with Gasteiger partial charge in [0, 0.05) is 23.4 Å². The minimum Gasteiger partial charge on any atom is -0.449 e. The first-order valence-electron chi connectivity index (χ1n) is 11.7. The first-order chi connectivity index (χ1) is 18.0. The molecule has 37 heavy (non-hydrogen) atoms. The largest absolute Gasteiger partial charge is 0.449 e. The Morgan fingerprint density at radius 3 is 2.08 bits per heavy atom. The first kappa shape index (κ1) is 24.3. The van der Waals surface area contributed by atoms with Gasteiger partial charge in [-0.05, 0) is 41.5 Å². The molecular weight excluding hydrogens is 491 g/mol. The number of furan rings is 1. The summed E-state index contributed by atoms with van der Waals surface area (Å²) in [5, 5.41) is 6.04. The normalized spacial score (nSPS) is 11.0. The van der Waals surface area contributed by atoms with E-state index in [0.717, 1.165) is 17.2 Å². The summed E-state index contributed by atoms with van der Waals surface area (Å²) in [5.74, 6) is -1.71. The lowest BCUT2D eigenvalue weighted by Crippen LogP contribution is -2.19. The van der Waals surface area contributed by atoms with Crippen molar-refractivity contribution in [3.8, 4) is 0 Å². The Bertz CT molecular complexity index is 1530. The van der Waals surface area contributed by atoms with Crippen LogP contribution in [-0.4, -0.2) is 11.8 Å². The van der Waals surface area contributed by atoms with Gasteiger partial charge < -0.3 is 15.1 Å². The number of rotatable bonds is 7. The van der Waals surface area contributed by atoms with Gasteiger partial charge in [-0.3, -0.25) is 9.59 Å². The number of para-hydroxylation sites is 1. The van der Waals surface area contributed by atoms with E-state index in [4.69, 9.17) is 16.0 Å². The molecule has 5 rings (SSSR count). The minimum atomic E-state index is -0.600. The molecule has 0 saturated carbocycles. The second kappa shape index (κ2) is 10.7. The van der Waals surface area contributed by atoms with Gasteiger partial charge in [-0.1, -0.05) is 84.4 Å². The van der Waals surface area contributed by atoms with Gasteiger partial charge in [0.2, 0.25) is 11.7 Å². The van der Waals surface area contributed by atoms with Gasteiger partial charge in [0.25, 0.3) is 5.91 Å². The Balaban J connectivity index is 1.44. The van der Waals surface area contributed by atoms with Crippen LogP contribution >= 0.6 is 11.6 Å². The predicted molar refractivity (Wildman–Crippen MR) is 144 cm³/mol. The molecule has 4 aromatic carbocycles. The van der Waals surface area contributed by atoms with Crippen molar-refractivity contribution in [2.75, 3.05) is 10.6 Å². The van der Waals surface area contributed by atoms with Gasteiger partial charge in [-0.25, -0.2) is 4.39 Å². The van der Waals surface area contributed by atoms with E-state index in [9.17, 15) is 14.0 Å². The van der Waals surface area contributed by atoms with Gasteiger partial charge in [0.05, 0.1) is 5.02 Å². The molecule has 5 aromatic rings. The molecule has 0 bridgehead atoms. The summed E-state index contributed by atoms with van der Waals surface area (Å²) in [6.45, 7) is 0. The van der Waals surface area contributed by atoms with Gasteiger partial charge in [-0.2, -0.15) is 0 Å². The fraction of sp³-hybridized carbons (Fsp3) is 0.0667. The third kappa shape index (κ3) is 5.39. The van der Waals surface area contributed by atoms with E-state index in [-0.39, 0.29) is 34.7 Å². The number of nitrogens with one attached hydrogen (secondary N) is 2. The van der Waals surface area contributed by atoms with E-state index in [1.807, 2.05) is 60.7 Å². The van der Waals surface area contributed by atoms with Crippen molar-refractivity contribution in [1.82, 2.24) is 0 Å². The van der Waals surface area contributed by atoms with Crippen molar-refractivity contribution in [1.29, 1.82) is 0 Å². The Morgan fingerprint density at radius 1 is 0.811 bits per heavy atom. The van der Waals surface area contributed by atoms with Crippen LogP contribution in [0, 0.1) is 5.82 Å². The van der Waals surface area contributed by atoms with Crippen LogP contribution in [0.5, 0.6) is 0 Å². The van der Waals surface area contributed by atoms with Crippen LogP contribution in [0.2, 0.25) is 5.02 Å². The fourth-order valence-corrected chi connectivity index (χ4v) is 4.45. The first-order valence-corrected chi connectivity index (χ1v) is 12.0. The maximum absolute atomic E-state index is 13.5. The van der Waals surface area contributed by atoms with Crippen molar-refractivity contribution >= 4 is 45.8 Å². The molecule has 1 aromatic heterocycles. The number of halogens is 2. The smallest absolute Gasteiger partial charge is 0.293 e. The summed E-state index contributed by atoms with van der Waals surface area (Å²) in [6, 6.07) is 30.5. The summed E-state index contributed by atoms with van der Waals surface area (Å²) in [4.78, 5) is 26.5. The van der Waals surface area contributed by atoms with Crippen LogP contribution in [0.3, 0.4) is 0 Å². The highest BCUT2D eigenvalue weighted by Crippen LogP contribution is 2.34. The zero-order valence-corrected chi connectivity index (χ0v) is 20.3. The van der Waals surface area contributed by atoms with Gasteiger partial charge in [0.1, 0.15) is 17.1 Å². The van der Waals surface area contributed by atoms with E-state index in [1.54, 1.807) is 24.3 Å². The number of carbonyl (C=O) groups is 2. The Kier molecular flexibility index (Phi) is 7.01. The SMILES string of the molecule is O=C(CC(c1ccccc1)c1ccccc1)Nc1c(C(=O)Nc2ccc(F)c(Cl)c2)oc2ccccc12. The molecule has 2 amide bonds. The number of hydrogen-bond donors (Lipinski definition) is 2. The number of hydrogen-bond acceptors (Lipinski definition) is 3. The molecule has 5 nitrogen and oxygen atoms in total. The lowest BCUT2D eigenvalue weighted by molar-refractivity contribution is -0.116. The summed E-state index contributed by atoms with van der Waals surface area (Å²) < 4.78 is 19.4. The van der Waals surface area contributed by atoms with Crippen molar-refractivity contribution < 1.29 is 18.4 Å². The van der Waals surface area contributed by atoms with Gasteiger partial charge in [-0.15, -0.1) is 0 Å². The molecule has 7 heteroatoms. The van der Waals surface area contributed by atoms with E-state index in [2.05, 4.69) is 10.6 Å². The van der Waals surface area contributed by atoms with Gasteiger partial charge >= 0.3 is 0 Å². The predicted octanol–water partition coefficient (Wildman–Crippen LogP) is 7.64. The molecule has 0 unspecified atom stereocenters. The summed E-state index contributed by atoms with van der Waals surface area (Å²) in [5.41, 5.74) is 3.02. The topological polar surface area (TPSA) is 71.3 Å². The monoisotopic (exact) mass is 512 g/mol. The highest BCUT2D eigenvalue weighted by atomic mass is 35.5. The number of anilines is 2. The molecule has 184 valence electrons. The fourth-order valence-electron chi connectivity index (χ4n) is 4.27. The molecule has 0 spiro atoms. The molecule has 0 saturated heterocycles. The maximum Gasteiger partial charge on any atom is 0.293 e. The minimum absolute atomic E-state index is 0.0639. The number of amides is 2. The van der Waals surface area contributed by atoms with Crippen molar-refractivity contribution in [3.63, 3.8) is 0 Å². The quantitative estimate of drug-likeness (QED) is 0.235. The third-order valence-electron chi connectivity index (χ3n) is 6.04. The lowest BCUT2D eigenvalue weighted by Gasteiger charge is -2.18. The highest BCUT2D eigenvalue weighted by molar-refractivity contribution is 6.31. The summed E-state index contributed by atoms with van der Waals surface area (Å²) in [6.07, 6.45) is 0.155. The van der Waals surface area contributed by atoms with Crippen LogP contribution in [0.25, 0.3) is 11.0 Å². The highest BCUT2D eigenvalue weighted by Gasteiger charge is 2.25. The standard InChI is InChI=1S/C30H22ClFN2O3/c31-24-17-21(15-16-25(24)32)33-30(36)29-28(22-13-7-8-14-26(22)37-29)34-27(35)18-23(19-9-3-1-4-10-19)20-11-5-2-6-12-20/h1-17,23H,18H2,(H,33,36)(H,34,35). The zero-order chi connectivity index (χ0) is 25.8. The second-order valence-corrected chi connectivity index (χ2v) is 8.92. The van der Waals surface area contributed by atoms with Crippen LogP contribution in [0.15, 0.2) is 108 Å². The van der Waals surface area contributed by atoms with Crippen LogP contribution in [0.4, 0.5) is 15.8 Å². The van der Waals surface area contributed by atoms with E-state index in [0.29, 0.717) is 16.7 Å². The number of carbonyl (C=O) groups excluding carboxylic acids is 2. The maximum atomic E-state index is 13.5. The van der Waals surface area contributed by atoms with Crippen LogP contribution < -0.4 is 10.6 Å². The third-order valence-corrected chi connectivity index (χ3v) is 6.33. The average molecular weight is 513 g/mol. The summed E-state index contributed by atoms with van der Waals surface area (Å²) in [7, 11) is 0. The molecule has 0 atom stereocenters. The molecule has 0 aliphatic rings. The van der Waals surface area contributed by atoms with Crippen molar-refractivity contribution in [2.24, 2.45) is 0 Å². The zero-order valence-electron chi connectivity index (χ0n) is 19.6. The summed E-state index contributed by atoms with van der Waals surface area (Å²) >= 11 is 5.85. The van der Waals surface area contributed by atoms with E-state index < -0.39 is 11.7 Å². The second-order valence-electron chi connectivity index (χ2n) is 8.51. The molecule has 0 aliphatic carbocycles. The molecule has 0 fully saturated rings. The average Bonchev–Trinajstić information content (AvgIpc) is 3.29. The molecule has 0 radical (unpaired) electrons. The van der Waals surface area contributed by atoms with Crippen LogP contribution in [0.1, 0.15) is 34.0 Å². The lowest BCUT2D eigenvalue weighted by atomic mass is 9.88. The Hall–Kier alpha value is -4.42.